The number of alkyl halides is 3. The fourth-order valence-electron chi connectivity index (χ4n) is 6.80. The predicted octanol–water partition coefficient (Wildman–Crippen LogP) is 7.91. The molecule has 11 nitrogen and oxygen atoms in total. The van der Waals surface area contributed by atoms with Crippen LogP contribution >= 0.6 is 0 Å². The monoisotopic (exact) mass is 766 g/mol. The van der Waals surface area contributed by atoms with E-state index < -0.39 is 65.1 Å². The van der Waals surface area contributed by atoms with Crippen LogP contribution in [-0.2, 0) is 33.6 Å². The van der Waals surface area contributed by atoms with Crippen molar-refractivity contribution >= 4 is 29.7 Å². The number of halogens is 3. The van der Waals surface area contributed by atoms with Gasteiger partial charge >= 0.3 is 18.4 Å². The van der Waals surface area contributed by atoms with E-state index in [0.717, 1.165) is 23.3 Å². The summed E-state index contributed by atoms with van der Waals surface area (Å²) in [5, 5.41) is 0. The second-order valence-corrected chi connectivity index (χ2v) is 15.1. The number of piperidine rings is 1. The molecule has 0 saturated carbocycles. The second-order valence-electron chi connectivity index (χ2n) is 15.1. The third kappa shape index (κ3) is 10.3. The van der Waals surface area contributed by atoms with E-state index in [9.17, 15) is 32.3 Å². The molecular weight excluding hydrogens is 717 g/mol. The fourth-order valence-corrected chi connectivity index (χ4v) is 6.80. The number of hydrogen-bond acceptors (Lipinski definition) is 7. The molecule has 1 saturated heterocycles. The summed E-state index contributed by atoms with van der Waals surface area (Å²) in [6.45, 7) is 10.5. The molecule has 1 fully saturated rings. The third-order valence-corrected chi connectivity index (χ3v) is 9.35. The van der Waals surface area contributed by atoms with E-state index in [1.807, 2.05) is 60.7 Å². The van der Waals surface area contributed by atoms with Gasteiger partial charge in [0.2, 0.25) is 0 Å². The minimum Gasteiger partial charge on any atom is -0.479 e. The van der Waals surface area contributed by atoms with Crippen molar-refractivity contribution in [1.29, 1.82) is 0 Å². The number of carbonyl (C=O) groups is 4. The van der Waals surface area contributed by atoms with Crippen LogP contribution < -0.4 is 9.64 Å². The highest BCUT2D eigenvalue weighted by atomic mass is 19.4. The average Bonchev–Trinajstić information content (AvgIpc) is 3.13. The van der Waals surface area contributed by atoms with Crippen LogP contribution in [0.15, 0.2) is 72.8 Å². The van der Waals surface area contributed by atoms with E-state index >= 15 is 0 Å². The maximum Gasteiger partial charge on any atom is 0.417 e. The summed E-state index contributed by atoms with van der Waals surface area (Å²) in [4.78, 5) is 60.1. The zero-order valence-electron chi connectivity index (χ0n) is 32.1. The zero-order valence-corrected chi connectivity index (χ0v) is 32.1. The maximum absolute atomic E-state index is 14.8. The zero-order chi connectivity index (χ0) is 40.1. The fraction of sp³-hybridized carbons (Fsp3) is 0.463. The number of likely N-dealkylation sites (tertiary alicyclic amines) is 1. The molecule has 0 aliphatic carbocycles. The summed E-state index contributed by atoms with van der Waals surface area (Å²) >= 11 is 0. The summed E-state index contributed by atoms with van der Waals surface area (Å²) in [5.74, 6) is -1.67. The van der Waals surface area contributed by atoms with E-state index in [0.29, 0.717) is 19.4 Å². The molecule has 0 radical (unpaired) electrons. The van der Waals surface area contributed by atoms with Crippen LogP contribution in [0.25, 0.3) is 0 Å². The van der Waals surface area contributed by atoms with Crippen molar-refractivity contribution in [3.63, 3.8) is 0 Å². The number of anilines is 1. The molecule has 55 heavy (non-hydrogen) atoms. The molecule has 296 valence electrons. The summed E-state index contributed by atoms with van der Waals surface area (Å²) < 4.78 is 61.3. The minimum atomic E-state index is -4.95. The molecule has 0 aromatic heterocycles. The number of fused-ring (bicyclic) bond motifs is 1. The highest BCUT2D eigenvalue weighted by Crippen LogP contribution is 2.43. The van der Waals surface area contributed by atoms with Crippen LogP contribution in [0, 0.1) is 0 Å². The van der Waals surface area contributed by atoms with Gasteiger partial charge in [-0.05, 0) is 77.6 Å². The molecule has 2 atom stereocenters. The van der Waals surface area contributed by atoms with Gasteiger partial charge in [-0.2, -0.15) is 13.2 Å². The van der Waals surface area contributed by atoms with Crippen LogP contribution in [0.3, 0.4) is 0 Å². The average molecular weight is 767 g/mol. The normalized spacial score (nSPS) is 17.3. The molecule has 1 unspecified atom stereocenters. The molecule has 3 aromatic carbocycles. The molecule has 4 amide bonds. The maximum atomic E-state index is 14.8. The van der Waals surface area contributed by atoms with Crippen molar-refractivity contribution in [1.82, 2.24) is 14.7 Å². The predicted molar refractivity (Wildman–Crippen MR) is 200 cm³/mol. The highest BCUT2D eigenvalue weighted by molar-refractivity contribution is 6.03. The lowest BCUT2D eigenvalue weighted by atomic mass is 9.97. The molecule has 0 N–H and O–H groups in total. The van der Waals surface area contributed by atoms with Crippen LogP contribution in [0.5, 0.6) is 5.75 Å². The first-order valence-electron chi connectivity index (χ1n) is 18.5. The smallest absolute Gasteiger partial charge is 0.417 e. The van der Waals surface area contributed by atoms with Crippen molar-refractivity contribution in [2.24, 2.45) is 0 Å². The SMILES string of the molecule is CC1Oc2cc(C(F)(F)F)c(C(=O)N(C(C)C)[C@@H]3CCCN(C(=O)OC(C)(C)C)C3)cc2N(CCN(Cc2ccccc2)C(=O)OCc2ccccc2)C1=O. The summed E-state index contributed by atoms with van der Waals surface area (Å²) in [6, 6.07) is 19.0. The molecule has 2 heterocycles. The molecule has 14 heteroatoms. The summed E-state index contributed by atoms with van der Waals surface area (Å²) in [7, 11) is 0. The van der Waals surface area contributed by atoms with Gasteiger partial charge in [0.15, 0.2) is 6.10 Å². The standard InChI is InChI=1S/C41H49F3N4O7/c1-27(2)48(31-18-13-19-45(25-31)39(52)55-40(4,5)6)37(50)32-22-34-35(23-33(32)41(42,43)44)54-28(3)36(49)47(34)21-20-46(24-29-14-9-7-10-15-29)38(51)53-26-30-16-11-8-12-17-30/h7-12,14-17,22-23,27-28,31H,13,18-21,24-26H2,1-6H3/t28?,31-/m1/s1. The molecule has 5 rings (SSSR count). The molecular formula is C41H49F3N4O7. The van der Waals surface area contributed by atoms with Crippen molar-refractivity contribution in [2.45, 2.75) is 97.5 Å². The largest absolute Gasteiger partial charge is 0.479 e. The number of nitrogens with zero attached hydrogens (tertiary/aromatic N) is 4. The summed E-state index contributed by atoms with van der Waals surface area (Å²) in [6.07, 6.45) is -6.34. The van der Waals surface area contributed by atoms with E-state index in [2.05, 4.69) is 0 Å². The minimum absolute atomic E-state index is 0.00981. The Kier molecular flexibility index (Phi) is 12.7. The highest BCUT2D eigenvalue weighted by Gasteiger charge is 2.43. The molecule has 3 aromatic rings. The first-order valence-corrected chi connectivity index (χ1v) is 18.5. The van der Waals surface area contributed by atoms with Crippen LogP contribution in [0.4, 0.5) is 28.4 Å². The summed E-state index contributed by atoms with van der Waals surface area (Å²) in [5.41, 5.74) is -1.08. The van der Waals surface area contributed by atoms with E-state index in [1.54, 1.807) is 34.6 Å². The van der Waals surface area contributed by atoms with Gasteiger partial charge in [0.25, 0.3) is 11.8 Å². The first-order chi connectivity index (χ1) is 25.9. The Bertz CT molecular complexity index is 1830. The van der Waals surface area contributed by atoms with Crippen molar-refractivity contribution in [3.05, 3.63) is 95.1 Å². The molecule has 2 aliphatic heterocycles. The van der Waals surface area contributed by atoms with Gasteiger partial charge in [0.1, 0.15) is 18.0 Å². The first kappa shape index (κ1) is 40.9. The number of hydrogen-bond donors (Lipinski definition) is 0. The van der Waals surface area contributed by atoms with Crippen LogP contribution in [0.2, 0.25) is 0 Å². The van der Waals surface area contributed by atoms with Crippen molar-refractivity contribution < 1.29 is 46.6 Å². The second kappa shape index (κ2) is 17.0. The Hall–Kier alpha value is -5.27. The Balaban J connectivity index is 1.46. The Morgan fingerprint density at radius 2 is 1.60 bits per heavy atom. The number of rotatable bonds is 10. The lowest BCUT2D eigenvalue weighted by molar-refractivity contribution is -0.138. The van der Waals surface area contributed by atoms with Gasteiger partial charge in [-0.15, -0.1) is 0 Å². The third-order valence-electron chi connectivity index (χ3n) is 9.35. The number of carbonyl (C=O) groups excluding carboxylic acids is 4. The Morgan fingerprint density at radius 3 is 2.20 bits per heavy atom. The topological polar surface area (TPSA) is 109 Å². The van der Waals surface area contributed by atoms with Crippen LogP contribution in [0.1, 0.15) is 81.4 Å². The van der Waals surface area contributed by atoms with Gasteiger partial charge in [0.05, 0.1) is 22.9 Å². The lowest BCUT2D eigenvalue weighted by Gasteiger charge is -2.42. The number of ether oxygens (including phenoxy) is 3. The van der Waals surface area contributed by atoms with Crippen LogP contribution in [-0.4, -0.2) is 88.7 Å². The van der Waals surface area contributed by atoms with Crippen molar-refractivity contribution in [3.8, 4) is 5.75 Å². The lowest BCUT2D eigenvalue weighted by Crippen LogP contribution is -2.54. The molecule has 2 aliphatic rings. The van der Waals surface area contributed by atoms with Gasteiger partial charge in [-0.1, -0.05) is 60.7 Å². The Labute approximate surface area is 319 Å². The molecule has 0 bridgehead atoms. The van der Waals surface area contributed by atoms with E-state index in [-0.39, 0.29) is 44.2 Å². The Morgan fingerprint density at radius 1 is 0.964 bits per heavy atom. The quantitative estimate of drug-likeness (QED) is 0.206. The van der Waals surface area contributed by atoms with Gasteiger partial charge in [-0.25, -0.2) is 9.59 Å². The number of amides is 4. The van der Waals surface area contributed by atoms with Gasteiger partial charge in [-0.3, -0.25) is 9.59 Å². The van der Waals surface area contributed by atoms with Gasteiger partial charge < -0.3 is 33.8 Å². The molecule has 0 spiro atoms. The number of benzene rings is 3. The van der Waals surface area contributed by atoms with Crippen molar-refractivity contribution in [2.75, 3.05) is 31.1 Å². The van der Waals surface area contributed by atoms with E-state index in [4.69, 9.17) is 14.2 Å². The van der Waals surface area contributed by atoms with Gasteiger partial charge in [0, 0.05) is 38.8 Å². The van der Waals surface area contributed by atoms with E-state index in [1.165, 1.54) is 26.5 Å².